The third-order valence-electron chi connectivity index (χ3n) is 3.70. The second kappa shape index (κ2) is 6.58. The summed E-state index contributed by atoms with van der Waals surface area (Å²) in [5.41, 5.74) is 4.73. The van der Waals surface area contributed by atoms with Crippen molar-refractivity contribution >= 4 is 17.6 Å². The summed E-state index contributed by atoms with van der Waals surface area (Å²) < 4.78 is 0. The SMILES string of the molecule is CCCNC(=O)CN(C)C(=O)C1(C(N)=NO)CC(C)C1. The van der Waals surface area contributed by atoms with Crippen molar-refractivity contribution in [3.8, 4) is 0 Å². The first-order valence-corrected chi connectivity index (χ1v) is 6.87. The summed E-state index contributed by atoms with van der Waals surface area (Å²) in [4.78, 5) is 25.5. The smallest absolute Gasteiger partial charge is 0.239 e. The second-order valence-corrected chi connectivity index (χ2v) is 5.59. The first kappa shape index (κ1) is 16.3. The Balaban J connectivity index is 2.69. The normalized spacial score (nSPS) is 25.8. The number of nitrogens with zero attached hydrogens (tertiary/aromatic N) is 2. The van der Waals surface area contributed by atoms with Crippen LogP contribution in [0.15, 0.2) is 5.16 Å². The van der Waals surface area contributed by atoms with E-state index in [2.05, 4.69) is 10.5 Å². The fraction of sp³-hybridized carbons (Fsp3) is 0.769. The van der Waals surface area contributed by atoms with E-state index in [0.29, 0.717) is 25.3 Å². The van der Waals surface area contributed by atoms with Crippen LogP contribution in [0, 0.1) is 11.3 Å². The van der Waals surface area contributed by atoms with Crippen molar-refractivity contribution in [1.29, 1.82) is 0 Å². The molecule has 0 bridgehead atoms. The lowest BCUT2D eigenvalue weighted by Crippen LogP contribution is -2.58. The number of hydrogen-bond donors (Lipinski definition) is 3. The van der Waals surface area contributed by atoms with E-state index in [1.54, 1.807) is 7.05 Å². The zero-order chi connectivity index (χ0) is 15.3. The van der Waals surface area contributed by atoms with Crippen LogP contribution in [-0.2, 0) is 9.59 Å². The van der Waals surface area contributed by atoms with Crippen LogP contribution in [-0.4, -0.2) is 47.9 Å². The summed E-state index contributed by atoms with van der Waals surface area (Å²) in [5.74, 6) is -0.190. The summed E-state index contributed by atoms with van der Waals surface area (Å²) in [7, 11) is 1.56. The molecular formula is C13H24N4O3. The molecule has 0 aromatic heterocycles. The lowest BCUT2D eigenvalue weighted by atomic mass is 9.61. The van der Waals surface area contributed by atoms with Crippen LogP contribution in [0.5, 0.6) is 0 Å². The number of oxime groups is 1. The third kappa shape index (κ3) is 3.20. The number of hydrogen-bond acceptors (Lipinski definition) is 4. The highest BCUT2D eigenvalue weighted by Gasteiger charge is 2.53. The zero-order valence-electron chi connectivity index (χ0n) is 12.3. The maximum absolute atomic E-state index is 12.5. The molecule has 0 radical (unpaired) electrons. The van der Waals surface area contributed by atoms with Crippen molar-refractivity contribution in [3.05, 3.63) is 0 Å². The Labute approximate surface area is 119 Å². The van der Waals surface area contributed by atoms with Gasteiger partial charge in [0.15, 0.2) is 5.84 Å². The molecule has 0 spiro atoms. The second-order valence-electron chi connectivity index (χ2n) is 5.59. The van der Waals surface area contributed by atoms with Crippen LogP contribution in [0.25, 0.3) is 0 Å². The van der Waals surface area contributed by atoms with E-state index in [0.717, 1.165) is 6.42 Å². The van der Waals surface area contributed by atoms with Gasteiger partial charge in [0.25, 0.3) is 0 Å². The first-order valence-electron chi connectivity index (χ1n) is 6.87. The van der Waals surface area contributed by atoms with Crippen LogP contribution in [0.1, 0.15) is 33.1 Å². The van der Waals surface area contributed by atoms with E-state index in [-0.39, 0.29) is 24.2 Å². The van der Waals surface area contributed by atoms with Crippen molar-refractivity contribution in [2.24, 2.45) is 22.2 Å². The maximum Gasteiger partial charge on any atom is 0.239 e. The van der Waals surface area contributed by atoms with Crippen LogP contribution in [0.3, 0.4) is 0 Å². The van der Waals surface area contributed by atoms with Crippen LogP contribution < -0.4 is 11.1 Å². The largest absolute Gasteiger partial charge is 0.409 e. The zero-order valence-corrected chi connectivity index (χ0v) is 12.3. The van der Waals surface area contributed by atoms with Gasteiger partial charge in [0.05, 0.1) is 6.54 Å². The molecule has 0 aromatic carbocycles. The topological polar surface area (TPSA) is 108 Å². The minimum absolute atomic E-state index is 0.0202. The van der Waals surface area contributed by atoms with Gasteiger partial charge in [0.2, 0.25) is 11.8 Å². The van der Waals surface area contributed by atoms with Crippen LogP contribution >= 0.6 is 0 Å². The number of rotatable bonds is 6. The van der Waals surface area contributed by atoms with E-state index >= 15 is 0 Å². The number of carbonyl (C=O) groups excluding carboxylic acids is 2. The van der Waals surface area contributed by atoms with Crippen molar-refractivity contribution in [2.45, 2.75) is 33.1 Å². The van der Waals surface area contributed by atoms with Gasteiger partial charge < -0.3 is 21.2 Å². The lowest BCUT2D eigenvalue weighted by molar-refractivity contribution is -0.145. The van der Waals surface area contributed by atoms with Gasteiger partial charge >= 0.3 is 0 Å². The van der Waals surface area contributed by atoms with Gasteiger partial charge in [-0.2, -0.15) is 0 Å². The fourth-order valence-electron chi connectivity index (χ4n) is 2.69. The first-order chi connectivity index (χ1) is 9.37. The molecule has 4 N–H and O–H groups in total. The highest BCUT2D eigenvalue weighted by Crippen LogP contribution is 2.46. The Morgan fingerprint density at radius 2 is 2.10 bits per heavy atom. The van der Waals surface area contributed by atoms with E-state index < -0.39 is 5.41 Å². The monoisotopic (exact) mass is 284 g/mol. The maximum atomic E-state index is 12.5. The molecule has 1 saturated carbocycles. The Morgan fingerprint density at radius 3 is 2.55 bits per heavy atom. The number of nitrogens with one attached hydrogen (secondary N) is 1. The predicted molar refractivity (Wildman–Crippen MR) is 75.2 cm³/mol. The minimum atomic E-state index is -0.950. The van der Waals surface area contributed by atoms with E-state index in [1.807, 2.05) is 13.8 Å². The number of nitrogens with two attached hydrogens (primary N) is 1. The molecule has 1 fully saturated rings. The van der Waals surface area contributed by atoms with Crippen molar-refractivity contribution in [3.63, 3.8) is 0 Å². The molecule has 0 aromatic rings. The summed E-state index contributed by atoms with van der Waals surface area (Å²) in [6, 6.07) is 0. The Hall–Kier alpha value is -1.79. The molecule has 1 aliphatic rings. The molecule has 20 heavy (non-hydrogen) atoms. The molecule has 114 valence electrons. The third-order valence-corrected chi connectivity index (χ3v) is 3.70. The van der Waals surface area contributed by atoms with Crippen molar-refractivity contribution < 1.29 is 14.8 Å². The average Bonchev–Trinajstić information content (AvgIpc) is 2.39. The number of amidine groups is 1. The van der Waals surface area contributed by atoms with E-state index in [1.165, 1.54) is 4.90 Å². The van der Waals surface area contributed by atoms with Crippen LogP contribution in [0.2, 0.25) is 0 Å². The molecule has 1 aliphatic carbocycles. The van der Waals surface area contributed by atoms with Gasteiger partial charge in [-0.1, -0.05) is 19.0 Å². The average molecular weight is 284 g/mol. The van der Waals surface area contributed by atoms with E-state index in [9.17, 15) is 9.59 Å². The molecule has 2 amide bonds. The van der Waals surface area contributed by atoms with Crippen molar-refractivity contribution in [2.75, 3.05) is 20.1 Å². The summed E-state index contributed by atoms with van der Waals surface area (Å²) in [6.07, 6.45) is 1.93. The molecular weight excluding hydrogens is 260 g/mol. The highest BCUT2D eigenvalue weighted by molar-refractivity contribution is 6.08. The van der Waals surface area contributed by atoms with Gasteiger partial charge in [-0.3, -0.25) is 9.59 Å². The molecule has 0 saturated heterocycles. The summed E-state index contributed by atoms with van der Waals surface area (Å²) in [6.45, 7) is 4.53. The number of likely N-dealkylation sites (N-methyl/N-ethyl adjacent to an activating group) is 1. The molecule has 7 heteroatoms. The molecule has 0 heterocycles. The molecule has 0 aliphatic heterocycles. The Morgan fingerprint density at radius 1 is 1.50 bits per heavy atom. The summed E-state index contributed by atoms with van der Waals surface area (Å²) in [5, 5.41) is 14.6. The summed E-state index contributed by atoms with van der Waals surface area (Å²) >= 11 is 0. The van der Waals surface area contributed by atoms with Gasteiger partial charge in [0.1, 0.15) is 5.41 Å². The molecule has 0 unspecified atom stereocenters. The molecule has 7 nitrogen and oxygen atoms in total. The highest BCUT2D eigenvalue weighted by atomic mass is 16.4. The van der Waals surface area contributed by atoms with Gasteiger partial charge in [-0.05, 0) is 25.2 Å². The Kier molecular flexibility index (Phi) is 5.35. The Bertz CT molecular complexity index is 402. The molecule has 1 rings (SSSR count). The standard InChI is InChI=1S/C13H24N4O3/c1-4-5-15-10(18)8-17(3)12(19)13(11(14)16-20)6-9(2)7-13/h9,20H,4-8H2,1-3H3,(H2,14,16)(H,15,18). The van der Waals surface area contributed by atoms with E-state index in [4.69, 9.17) is 10.9 Å². The van der Waals surface area contributed by atoms with Gasteiger partial charge in [-0.25, -0.2) is 0 Å². The van der Waals surface area contributed by atoms with Crippen molar-refractivity contribution in [1.82, 2.24) is 10.2 Å². The predicted octanol–water partition coefficient (Wildman–Crippen LogP) is 0.134. The quantitative estimate of drug-likeness (QED) is 0.279. The number of carbonyl (C=O) groups is 2. The fourth-order valence-corrected chi connectivity index (χ4v) is 2.69. The lowest BCUT2D eigenvalue weighted by Gasteiger charge is -2.45. The number of amides is 2. The molecule has 0 atom stereocenters. The van der Waals surface area contributed by atoms with Gasteiger partial charge in [-0.15, -0.1) is 0 Å². The van der Waals surface area contributed by atoms with Crippen LogP contribution in [0.4, 0.5) is 0 Å². The minimum Gasteiger partial charge on any atom is -0.409 e. The van der Waals surface area contributed by atoms with Gasteiger partial charge in [0, 0.05) is 13.6 Å².